The van der Waals surface area contributed by atoms with E-state index < -0.39 is 0 Å². The van der Waals surface area contributed by atoms with Crippen molar-refractivity contribution in [3.8, 4) is 0 Å². The van der Waals surface area contributed by atoms with Crippen molar-refractivity contribution in [2.24, 2.45) is 11.3 Å². The van der Waals surface area contributed by atoms with Crippen LogP contribution in [0.3, 0.4) is 0 Å². The van der Waals surface area contributed by atoms with Crippen LogP contribution in [0.25, 0.3) is 0 Å². The van der Waals surface area contributed by atoms with Crippen LogP contribution < -0.4 is 0 Å². The smallest absolute Gasteiger partial charge is 0.139 e. The van der Waals surface area contributed by atoms with Gasteiger partial charge in [0, 0.05) is 17.3 Å². The first-order valence-electron chi connectivity index (χ1n) is 5.66. The van der Waals surface area contributed by atoms with Crippen LogP contribution in [0.1, 0.15) is 32.3 Å². The Kier molecular flexibility index (Phi) is 1.54. The highest BCUT2D eigenvalue weighted by Crippen LogP contribution is 2.69. The van der Waals surface area contributed by atoms with E-state index in [9.17, 15) is 4.79 Å². The average molecular weight is 200 g/mol. The molecule has 0 aliphatic heterocycles. The van der Waals surface area contributed by atoms with Crippen LogP contribution in [0.2, 0.25) is 0 Å². The van der Waals surface area contributed by atoms with Crippen LogP contribution >= 0.6 is 0 Å². The molecular formula is C14H16O. The Bertz CT molecular complexity index is 418. The lowest BCUT2D eigenvalue weighted by Crippen LogP contribution is -2.21. The van der Waals surface area contributed by atoms with E-state index in [-0.39, 0.29) is 10.8 Å². The van der Waals surface area contributed by atoms with Gasteiger partial charge in [-0.2, -0.15) is 0 Å². The molecule has 3 rings (SSSR count). The Hall–Kier alpha value is -1.11. The number of hydrogen-bond acceptors (Lipinski definition) is 1. The minimum atomic E-state index is -0.0875. The first-order chi connectivity index (χ1) is 7.07. The Morgan fingerprint density at radius 3 is 2.40 bits per heavy atom. The van der Waals surface area contributed by atoms with Gasteiger partial charge in [-0.1, -0.05) is 44.2 Å². The summed E-state index contributed by atoms with van der Waals surface area (Å²) >= 11 is 0. The predicted molar refractivity (Wildman–Crippen MR) is 59.6 cm³/mol. The van der Waals surface area contributed by atoms with Crippen molar-refractivity contribution in [2.75, 3.05) is 0 Å². The molecule has 2 atom stereocenters. The van der Waals surface area contributed by atoms with E-state index >= 15 is 0 Å². The van der Waals surface area contributed by atoms with Crippen molar-refractivity contribution in [2.45, 2.75) is 32.1 Å². The third-order valence-electron chi connectivity index (χ3n) is 4.49. The summed E-state index contributed by atoms with van der Waals surface area (Å²) < 4.78 is 0. The van der Waals surface area contributed by atoms with Crippen LogP contribution in [0.15, 0.2) is 30.3 Å². The number of benzene rings is 1. The van der Waals surface area contributed by atoms with E-state index in [1.54, 1.807) is 0 Å². The van der Waals surface area contributed by atoms with Crippen LogP contribution in [0, 0.1) is 11.3 Å². The second kappa shape index (κ2) is 2.52. The molecule has 0 amide bonds. The molecular weight excluding hydrogens is 184 g/mol. The van der Waals surface area contributed by atoms with Crippen LogP contribution in [0.5, 0.6) is 0 Å². The Labute approximate surface area is 90.5 Å². The summed E-state index contributed by atoms with van der Waals surface area (Å²) in [5, 5.41) is 0. The fourth-order valence-corrected chi connectivity index (χ4v) is 3.35. The molecule has 2 aliphatic rings. The number of rotatable bonds is 1. The van der Waals surface area contributed by atoms with Crippen molar-refractivity contribution in [3.05, 3.63) is 35.9 Å². The van der Waals surface area contributed by atoms with E-state index in [1.807, 2.05) is 6.07 Å². The van der Waals surface area contributed by atoms with Crippen molar-refractivity contribution in [1.29, 1.82) is 0 Å². The molecule has 15 heavy (non-hydrogen) atoms. The molecule has 1 nitrogen and oxygen atoms in total. The maximum Gasteiger partial charge on any atom is 0.139 e. The summed E-state index contributed by atoms with van der Waals surface area (Å²) in [5.41, 5.74) is 1.49. The quantitative estimate of drug-likeness (QED) is 0.681. The summed E-state index contributed by atoms with van der Waals surface area (Å²) in [6.45, 7) is 4.22. The van der Waals surface area contributed by atoms with Gasteiger partial charge in [-0.3, -0.25) is 4.79 Å². The number of carbonyl (C=O) groups excluding carboxylic acids is 1. The first-order valence-corrected chi connectivity index (χ1v) is 5.66. The van der Waals surface area contributed by atoms with E-state index in [0.717, 1.165) is 6.42 Å². The molecule has 2 unspecified atom stereocenters. The molecule has 0 bridgehead atoms. The van der Waals surface area contributed by atoms with Crippen LogP contribution in [-0.4, -0.2) is 5.78 Å². The summed E-state index contributed by atoms with van der Waals surface area (Å²) in [6.07, 6.45) is 1.96. The highest BCUT2D eigenvalue weighted by atomic mass is 16.1. The van der Waals surface area contributed by atoms with E-state index in [2.05, 4.69) is 38.1 Å². The molecule has 0 aromatic heterocycles. The first kappa shape index (κ1) is 9.14. The van der Waals surface area contributed by atoms with Gasteiger partial charge in [0.25, 0.3) is 0 Å². The molecule has 0 N–H and O–H groups in total. The molecule has 1 aromatic rings. The monoisotopic (exact) mass is 200 g/mol. The van der Waals surface area contributed by atoms with Gasteiger partial charge in [-0.15, -0.1) is 0 Å². The zero-order valence-electron chi connectivity index (χ0n) is 9.29. The molecule has 2 saturated carbocycles. The average Bonchev–Trinajstić information content (AvgIpc) is 2.91. The third kappa shape index (κ3) is 1.01. The van der Waals surface area contributed by atoms with Gasteiger partial charge in [-0.25, -0.2) is 0 Å². The SMILES string of the molecule is CC1(C)C(=O)CC2(c3ccccc3)CC12. The van der Waals surface area contributed by atoms with Crippen molar-refractivity contribution in [1.82, 2.24) is 0 Å². The van der Waals surface area contributed by atoms with Crippen LogP contribution in [0.4, 0.5) is 0 Å². The van der Waals surface area contributed by atoms with Gasteiger partial charge in [0.05, 0.1) is 0 Å². The van der Waals surface area contributed by atoms with Crippen molar-refractivity contribution < 1.29 is 4.79 Å². The fraction of sp³-hybridized carbons (Fsp3) is 0.500. The lowest BCUT2D eigenvalue weighted by atomic mass is 9.86. The molecule has 0 saturated heterocycles. The minimum absolute atomic E-state index is 0.0875. The molecule has 78 valence electrons. The normalized spacial score (nSPS) is 36.4. The number of carbonyl (C=O) groups is 1. The van der Waals surface area contributed by atoms with Gasteiger partial charge in [0.2, 0.25) is 0 Å². The lowest BCUT2D eigenvalue weighted by molar-refractivity contribution is -0.125. The van der Waals surface area contributed by atoms with E-state index in [0.29, 0.717) is 11.7 Å². The molecule has 2 fully saturated rings. The van der Waals surface area contributed by atoms with Crippen LogP contribution in [-0.2, 0) is 10.2 Å². The Balaban J connectivity index is 2.02. The highest BCUT2D eigenvalue weighted by Gasteiger charge is 2.69. The largest absolute Gasteiger partial charge is 0.299 e. The Morgan fingerprint density at radius 2 is 1.87 bits per heavy atom. The molecule has 0 radical (unpaired) electrons. The van der Waals surface area contributed by atoms with E-state index in [1.165, 1.54) is 12.0 Å². The van der Waals surface area contributed by atoms with Crippen molar-refractivity contribution >= 4 is 5.78 Å². The van der Waals surface area contributed by atoms with E-state index in [4.69, 9.17) is 0 Å². The number of fused-ring (bicyclic) bond motifs is 1. The summed E-state index contributed by atoms with van der Waals surface area (Å²) in [6, 6.07) is 10.5. The van der Waals surface area contributed by atoms with Gasteiger partial charge in [0.1, 0.15) is 5.78 Å². The van der Waals surface area contributed by atoms with Crippen molar-refractivity contribution in [3.63, 3.8) is 0 Å². The number of Topliss-reactive ketones (excluding diaryl/α,β-unsaturated/α-hetero) is 1. The number of hydrogen-bond donors (Lipinski definition) is 0. The summed E-state index contributed by atoms with van der Waals surface area (Å²) in [5.74, 6) is 1.03. The standard InChI is InChI=1S/C14H16O/c1-13(2)11-8-14(11,9-12(13)15)10-6-4-3-5-7-10/h3-7,11H,8-9H2,1-2H3. The molecule has 0 heterocycles. The lowest BCUT2D eigenvalue weighted by Gasteiger charge is -2.16. The molecule has 0 spiro atoms. The molecule has 2 aliphatic carbocycles. The van der Waals surface area contributed by atoms with Gasteiger partial charge in [0.15, 0.2) is 0 Å². The van der Waals surface area contributed by atoms with Gasteiger partial charge >= 0.3 is 0 Å². The zero-order valence-corrected chi connectivity index (χ0v) is 9.29. The maximum atomic E-state index is 11.9. The maximum absolute atomic E-state index is 11.9. The number of ketones is 1. The summed E-state index contributed by atoms with van der Waals surface area (Å²) in [4.78, 5) is 11.9. The topological polar surface area (TPSA) is 17.1 Å². The van der Waals surface area contributed by atoms with Gasteiger partial charge in [-0.05, 0) is 17.9 Å². The highest BCUT2D eigenvalue weighted by molar-refractivity contribution is 5.91. The predicted octanol–water partition coefficient (Wildman–Crippen LogP) is 2.94. The summed E-state index contributed by atoms with van der Waals surface area (Å²) in [7, 11) is 0. The fourth-order valence-electron chi connectivity index (χ4n) is 3.35. The second-order valence-corrected chi connectivity index (χ2v) is 5.60. The second-order valence-electron chi connectivity index (χ2n) is 5.60. The minimum Gasteiger partial charge on any atom is -0.299 e. The van der Waals surface area contributed by atoms with Gasteiger partial charge < -0.3 is 0 Å². The molecule has 1 heteroatoms. The Morgan fingerprint density at radius 1 is 1.20 bits per heavy atom. The third-order valence-corrected chi connectivity index (χ3v) is 4.49. The zero-order chi connectivity index (χ0) is 10.7. The molecule has 1 aromatic carbocycles.